The van der Waals surface area contributed by atoms with Gasteiger partial charge in [-0.3, -0.25) is 14.5 Å². The number of piperazine rings is 1. The molecule has 1 atom stereocenters. The number of rotatable bonds is 7. The van der Waals surface area contributed by atoms with Crippen molar-refractivity contribution in [2.45, 2.75) is 71.0 Å². The fourth-order valence-corrected chi connectivity index (χ4v) is 7.88. The largest absolute Gasteiger partial charge is 0.507 e. The van der Waals surface area contributed by atoms with Gasteiger partial charge >= 0.3 is 6.03 Å². The van der Waals surface area contributed by atoms with E-state index in [1.807, 2.05) is 64.9 Å². The third kappa shape index (κ3) is 7.18. The van der Waals surface area contributed by atoms with Crippen molar-refractivity contribution in [2.75, 3.05) is 64.7 Å². The Balaban J connectivity index is 1.09. The summed E-state index contributed by atoms with van der Waals surface area (Å²) in [6, 6.07) is 12.3. The van der Waals surface area contributed by atoms with Gasteiger partial charge in [0.25, 0.3) is 0 Å². The number of carbonyl (C=O) groups is 3. The minimum atomic E-state index is -0.460. The summed E-state index contributed by atoms with van der Waals surface area (Å²) in [5.41, 5.74) is 4.52. The number of para-hydroxylation sites is 1. The number of hydrogen-bond acceptors (Lipinski definition) is 6. The topological polar surface area (TPSA) is 99.7 Å². The molecule has 6 rings (SSSR count). The van der Waals surface area contributed by atoms with Gasteiger partial charge in [0.2, 0.25) is 11.8 Å². The Hall–Kier alpha value is -3.63. The molecule has 0 bridgehead atoms. The van der Waals surface area contributed by atoms with Crippen LogP contribution in [0.2, 0.25) is 0 Å². The van der Waals surface area contributed by atoms with Crippen LogP contribution in [0.25, 0.3) is 0 Å². The van der Waals surface area contributed by atoms with Crippen molar-refractivity contribution in [3.05, 3.63) is 58.7 Å². The number of aryl methyl sites for hydroxylation is 2. The molecule has 10 nitrogen and oxygen atoms in total. The maximum atomic E-state index is 14.1. The van der Waals surface area contributed by atoms with Crippen LogP contribution in [0.1, 0.15) is 54.4 Å². The molecule has 4 amide bonds. The average Bonchev–Trinajstić information content (AvgIpc) is 3.06. The van der Waals surface area contributed by atoms with Gasteiger partial charge in [0.1, 0.15) is 5.75 Å². The van der Waals surface area contributed by atoms with Crippen molar-refractivity contribution < 1.29 is 19.5 Å². The number of carbonyl (C=O) groups excluding carboxylic acids is 3. The van der Waals surface area contributed by atoms with Crippen LogP contribution in [-0.2, 0) is 22.6 Å². The molecule has 0 aromatic heterocycles. The van der Waals surface area contributed by atoms with Crippen molar-refractivity contribution in [1.29, 1.82) is 0 Å². The second-order valence-electron chi connectivity index (χ2n) is 13.9. The van der Waals surface area contributed by atoms with E-state index in [-0.39, 0.29) is 36.1 Å². The standard InChI is InChI=1S/C36H50N6O4/c1-25-20-27(21-26(2)34(25)44)22-29(35(45)41-14-8-30(9-15-41)39-18-16-38(3)17-19-39)23-33(43)40-12-10-31(11-13-40)42-24-28-6-4-5-7-32(28)37-36(42)46/h4-7,20-21,29-31,44H,8-19,22-24H2,1-3H3,(H,37,46). The quantitative estimate of drug-likeness (QED) is 0.483. The van der Waals surface area contributed by atoms with Gasteiger partial charge in [-0.1, -0.05) is 30.3 Å². The van der Waals surface area contributed by atoms with Crippen molar-refractivity contribution in [2.24, 2.45) is 5.92 Å². The first-order chi connectivity index (χ1) is 22.2. The van der Waals surface area contributed by atoms with Gasteiger partial charge in [-0.25, -0.2) is 4.79 Å². The summed E-state index contributed by atoms with van der Waals surface area (Å²) in [7, 11) is 2.17. The van der Waals surface area contributed by atoms with Crippen molar-refractivity contribution in [3.8, 4) is 5.75 Å². The Labute approximate surface area is 273 Å². The van der Waals surface area contributed by atoms with Crippen molar-refractivity contribution >= 4 is 23.5 Å². The lowest BCUT2D eigenvalue weighted by atomic mass is 9.90. The van der Waals surface area contributed by atoms with Gasteiger partial charge < -0.3 is 30.0 Å². The van der Waals surface area contributed by atoms with Crippen molar-refractivity contribution in [3.63, 3.8) is 0 Å². The summed E-state index contributed by atoms with van der Waals surface area (Å²) in [4.78, 5) is 51.5. The molecular weight excluding hydrogens is 580 g/mol. The molecule has 4 aliphatic rings. The molecule has 0 saturated carbocycles. The first kappa shape index (κ1) is 32.3. The molecule has 3 fully saturated rings. The smallest absolute Gasteiger partial charge is 0.322 e. The van der Waals surface area contributed by atoms with E-state index in [1.165, 1.54) is 0 Å². The van der Waals surface area contributed by atoms with Crippen LogP contribution in [0.3, 0.4) is 0 Å². The Morgan fingerprint density at radius 1 is 0.870 bits per heavy atom. The van der Waals surface area contributed by atoms with Crippen molar-refractivity contribution in [1.82, 2.24) is 24.5 Å². The number of nitrogens with one attached hydrogen (secondary N) is 1. The third-order valence-electron chi connectivity index (χ3n) is 10.8. The number of fused-ring (bicyclic) bond motifs is 1. The summed E-state index contributed by atoms with van der Waals surface area (Å²) >= 11 is 0. The minimum Gasteiger partial charge on any atom is -0.507 e. The highest BCUT2D eigenvalue weighted by molar-refractivity contribution is 5.92. The monoisotopic (exact) mass is 630 g/mol. The van der Waals surface area contributed by atoms with E-state index in [9.17, 15) is 19.5 Å². The van der Waals surface area contributed by atoms with E-state index in [0.29, 0.717) is 32.1 Å². The maximum Gasteiger partial charge on any atom is 0.322 e. The number of phenols is 1. The number of anilines is 1. The second-order valence-corrected chi connectivity index (χ2v) is 13.9. The Morgan fingerprint density at radius 3 is 2.15 bits per heavy atom. The third-order valence-corrected chi connectivity index (χ3v) is 10.8. The first-order valence-corrected chi connectivity index (χ1v) is 17.1. The molecule has 0 radical (unpaired) electrons. The van der Waals surface area contributed by atoms with Crippen LogP contribution in [0.15, 0.2) is 36.4 Å². The molecule has 3 saturated heterocycles. The number of urea groups is 1. The number of benzene rings is 2. The molecule has 2 N–H and O–H groups in total. The molecule has 0 spiro atoms. The molecule has 4 aliphatic heterocycles. The lowest BCUT2D eigenvalue weighted by Crippen LogP contribution is -2.54. The molecule has 10 heteroatoms. The van der Waals surface area contributed by atoms with Crippen LogP contribution in [-0.4, -0.2) is 119 Å². The van der Waals surface area contributed by atoms with Crippen LogP contribution < -0.4 is 5.32 Å². The van der Waals surface area contributed by atoms with Crippen LogP contribution in [0.4, 0.5) is 10.5 Å². The molecule has 2 aromatic rings. The zero-order valence-corrected chi connectivity index (χ0v) is 27.7. The molecule has 1 unspecified atom stereocenters. The van der Waals surface area contributed by atoms with E-state index in [1.54, 1.807) is 0 Å². The van der Waals surface area contributed by atoms with Crippen LogP contribution in [0.5, 0.6) is 5.75 Å². The fourth-order valence-electron chi connectivity index (χ4n) is 7.88. The van der Waals surface area contributed by atoms with E-state index >= 15 is 0 Å². The number of aromatic hydroxyl groups is 1. The van der Waals surface area contributed by atoms with Gasteiger partial charge in [-0.2, -0.15) is 0 Å². The minimum absolute atomic E-state index is 0.00443. The van der Waals surface area contributed by atoms with Crippen LogP contribution in [0, 0.1) is 19.8 Å². The van der Waals surface area contributed by atoms with Crippen LogP contribution >= 0.6 is 0 Å². The highest BCUT2D eigenvalue weighted by Crippen LogP contribution is 2.30. The molecule has 2 aromatic carbocycles. The molecule has 4 heterocycles. The van der Waals surface area contributed by atoms with E-state index in [2.05, 4.69) is 22.2 Å². The van der Waals surface area contributed by atoms with Gasteiger partial charge in [-0.05, 0) is 81.3 Å². The number of likely N-dealkylation sites (N-methyl/N-ethyl adjacent to an activating group) is 1. The zero-order chi connectivity index (χ0) is 32.4. The summed E-state index contributed by atoms with van der Waals surface area (Å²) in [6.07, 6.45) is 4.00. The molecule has 248 valence electrons. The fraction of sp³-hybridized carbons (Fsp3) is 0.583. The van der Waals surface area contributed by atoms with E-state index in [4.69, 9.17) is 0 Å². The Morgan fingerprint density at radius 2 is 1.48 bits per heavy atom. The number of likely N-dealkylation sites (tertiary alicyclic amines) is 2. The zero-order valence-electron chi connectivity index (χ0n) is 27.7. The summed E-state index contributed by atoms with van der Waals surface area (Å²) in [6.45, 7) is 11.3. The maximum absolute atomic E-state index is 14.1. The predicted octanol–water partition coefficient (Wildman–Crippen LogP) is 3.83. The summed E-state index contributed by atoms with van der Waals surface area (Å²) in [5, 5.41) is 13.4. The van der Waals surface area contributed by atoms with E-state index in [0.717, 1.165) is 92.9 Å². The van der Waals surface area contributed by atoms with E-state index < -0.39 is 5.92 Å². The molecule has 46 heavy (non-hydrogen) atoms. The highest BCUT2D eigenvalue weighted by Gasteiger charge is 2.36. The number of hydrogen-bond donors (Lipinski definition) is 2. The number of phenolic OH excluding ortho intramolecular Hbond substituents is 1. The Kier molecular flexibility index (Phi) is 9.84. The number of amides is 4. The second kappa shape index (κ2) is 14.0. The lowest BCUT2D eigenvalue weighted by Gasteiger charge is -2.43. The SMILES string of the molecule is Cc1cc(CC(CC(=O)N2CCC(N3Cc4ccccc4NC3=O)CC2)C(=O)N2CCC(N3CCN(C)CC3)CC2)cc(C)c1O. The molecule has 0 aliphatic carbocycles. The lowest BCUT2D eigenvalue weighted by molar-refractivity contribution is -0.143. The Bertz CT molecular complexity index is 1400. The van der Waals surface area contributed by atoms with Gasteiger partial charge in [0.05, 0.1) is 5.92 Å². The molecular formula is C36H50N6O4. The predicted molar refractivity (Wildman–Crippen MR) is 179 cm³/mol. The number of piperidine rings is 2. The summed E-state index contributed by atoms with van der Waals surface area (Å²) in [5.74, 6) is -0.113. The number of nitrogens with zero attached hydrogens (tertiary/aromatic N) is 5. The average molecular weight is 631 g/mol. The van der Waals surface area contributed by atoms with Gasteiger partial charge in [0.15, 0.2) is 0 Å². The van der Waals surface area contributed by atoms with Gasteiger partial charge in [0, 0.05) is 83.1 Å². The van der Waals surface area contributed by atoms with Gasteiger partial charge in [-0.15, -0.1) is 0 Å². The summed E-state index contributed by atoms with van der Waals surface area (Å²) < 4.78 is 0. The normalized spacial score (nSPS) is 21.2. The highest BCUT2D eigenvalue weighted by atomic mass is 16.3. The first-order valence-electron chi connectivity index (χ1n) is 17.1.